The number of nitrogens with zero attached hydrogens (tertiary/aromatic N) is 1. The molecule has 1 aliphatic heterocycles. The fraction of sp³-hybridized carbons (Fsp3) is 0.417. The first kappa shape index (κ1) is 11.4. The maximum Gasteiger partial charge on any atom is 0.224 e. The van der Waals surface area contributed by atoms with Crippen molar-refractivity contribution in [3.8, 4) is 0 Å². The third-order valence-electron chi connectivity index (χ3n) is 2.82. The van der Waals surface area contributed by atoms with Crippen molar-refractivity contribution < 1.29 is 9.90 Å². The van der Waals surface area contributed by atoms with Gasteiger partial charge in [-0.2, -0.15) is 0 Å². The van der Waals surface area contributed by atoms with E-state index in [4.69, 9.17) is 11.6 Å². The number of amides is 1. The van der Waals surface area contributed by atoms with Crippen LogP contribution in [0.5, 0.6) is 0 Å². The molecule has 1 saturated heterocycles. The third-order valence-corrected chi connectivity index (χ3v) is 3.11. The molecule has 86 valence electrons. The molecule has 0 bridgehead atoms. The van der Waals surface area contributed by atoms with Gasteiger partial charge in [0.05, 0.1) is 12.0 Å². The predicted octanol–water partition coefficient (Wildman–Crippen LogP) is 1.52. The molecule has 16 heavy (non-hydrogen) atoms. The highest BCUT2D eigenvalue weighted by Gasteiger charge is 2.28. The molecular formula is C12H14ClNO2. The van der Waals surface area contributed by atoms with Crippen LogP contribution in [0.1, 0.15) is 17.5 Å². The van der Waals surface area contributed by atoms with Crippen LogP contribution < -0.4 is 0 Å². The van der Waals surface area contributed by atoms with Crippen LogP contribution in [0, 0.1) is 0 Å². The minimum absolute atomic E-state index is 0.00249. The van der Waals surface area contributed by atoms with Crippen LogP contribution in [-0.2, 0) is 17.9 Å². The highest BCUT2D eigenvalue weighted by atomic mass is 35.5. The lowest BCUT2D eigenvalue weighted by Crippen LogP contribution is -2.25. The van der Waals surface area contributed by atoms with E-state index in [9.17, 15) is 9.90 Å². The van der Waals surface area contributed by atoms with E-state index in [1.54, 1.807) is 4.90 Å². The summed E-state index contributed by atoms with van der Waals surface area (Å²) in [5, 5.41) is 9.11. The van der Waals surface area contributed by atoms with E-state index in [1.165, 1.54) is 0 Å². The number of aliphatic hydroxyl groups is 1. The molecule has 1 atom stereocenters. The second-order valence-electron chi connectivity index (χ2n) is 4.00. The molecule has 3 nitrogen and oxygen atoms in total. The number of halogens is 1. The standard InChI is InChI=1S/C12H14ClNO2/c13-11-5-12(16)14(7-11)6-9-3-1-2-4-10(9)8-15/h1-4,11,15H,5-8H2. The summed E-state index contributed by atoms with van der Waals surface area (Å²) in [4.78, 5) is 13.3. The molecule has 4 heteroatoms. The van der Waals surface area contributed by atoms with Crippen molar-refractivity contribution in [1.82, 2.24) is 4.90 Å². The van der Waals surface area contributed by atoms with Gasteiger partial charge in [-0.15, -0.1) is 11.6 Å². The number of aliphatic hydroxyl groups excluding tert-OH is 1. The highest BCUT2D eigenvalue weighted by molar-refractivity contribution is 6.22. The van der Waals surface area contributed by atoms with Gasteiger partial charge in [0.2, 0.25) is 5.91 Å². The van der Waals surface area contributed by atoms with Gasteiger partial charge in [0.1, 0.15) is 0 Å². The van der Waals surface area contributed by atoms with Crippen LogP contribution in [0.3, 0.4) is 0 Å². The second-order valence-corrected chi connectivity index (χ2v) is 4.62. The Bertz CT molecular complexity index is 394. The van der Waals surface area contributed by atoms with Gasteiger partial charge in [0.15, 0.2) is 0 Å². The molecule has 1 heterocycles. The van der Waals surface area contributed by atoms with Crippen molar-refractivity contribution in [3.63, 3.8) is 0 Å². The first-order chi connectivity index (χ1) is 7.70. The Morgan fingerprint density at radius 2 is 2.06 bits per heavy atom. The summed E-state index contributed by atoms with van der Waals surface area (Å²) in [7, 11) is 0. The van der Waals surface area contributed by atoms with E-state index in [0.29, 0.717) is 19.5 Å². The lowest BCUT2D eigenvalue weighted by atomic mass is 10.1. The first-order valence-corrected chi connectivity index (χ1v) is 5.74. The Balaban J connectivity index is 2.12. The fourth-order valence-electron chi connectivity index (χ4n) is 1.95. The molecule has 0 spiro atoms. The summed E-state index contributed by atoms with van der Waals surface area (Å²) < 4.78 is 0. The van der Waals surface area contributed by atoms with E-state index in [1.807, 2.05) is 24.3 Å². The van der Waals surface area contributed by atoms with E-state index >= 15 is 0 Å². The third kappa shape index (κ3) is 2.36. The molecule has 1 N–H and O–H groups in total. The molecule has 0 radical (unpaired) electrons. The molecule has 1 aliphatic rings. The van der Waals surface area contributed by atoms with Crippen LogP contribution in [-0.4, -0.2) is 27.8 Å². The molecule has 0 aliphatic carbocycles. The number of benzene rings is 1. The summed E-state index contributed by atoms with van der Waals surface area (Å²) in [6.45, 7) is 1.14. The van der Waals surface area contributed by atoms with E-state index in [-0.39, 0.29) is 17.9 Å². The predicted molar refractivity (Wildman–Crippen MR) is 62.0 cm³/mol. The molecule has 2 rings (SSSR count). The average Bonchev–Trinajstić information content (AvgIpc) is 2.58. The van der Waals surface area contributed by atoms with Crippen molar-refractivity contribution in [2.45, 2.75) is 24.9 Å². The van der Waals surface area contributed by atoms with E-state index < -0.39 is 0 Å². The van der Waals surface area contributed by atoms with Gasteiger partial charge < -0.3 is 10.0 Å². The molecule has 0 aromatic heterocycles. The maximum atomic E-state index is 11.6. The smallest absolute Gasteiger partial charge is 0.224 e. The summed E-state index contributed by atoms with van der Waals surface area (Å²) in [5.74, 6) is 0.0905. The molecule has 1 fully saturated rings. The number of alkyl halides is 1. The molecule has 1 aromatic carbocycles. The van der Waals surface area contributed by atoms with Crippen LogP contribution in [0.15, 0.2) is 24.3 Å². The van der Waals surface area contributed by atoms with E-state index in [2.05, 4.69) is 0 Å². The normalized spacial score (nSPS) is 20.5. The summed E-state index contributed by atoms with van der Waals surface area (Å²) >= 11 is 5.93. The monoisotopic (exact) mass is 239 g/mol. The van der Waals surface area contributed by atoms with Crippen molar-refractivity contribution in [3.05, 3.63) is 35.4 Å². The maximum absolute atomic E-state index is 11.6. The zero-order chi connectivity index (χ0) is 11.5. The zero-order valence-corrected chi connectivity index (χ0v) is 9.65. The van der Waals surface area contributed by atoms with Gasteiger partial charge in [-0.1, -0.05) is 24.3 Å². The number of carbonyl (C=O) groups is 1. The van der Waals surface area contributed by atoms with Crippen LogP contribution in [0.25, 0.3) is 0 Å². The Morgan fingerprint density at radius 3 is 2.62 bits per heavy atom. The average molecular weight is 240 g/mol. The van der Waals surface area contributed by atoms with E-state index in [0.717, 1.165) is 11.1 Å². The quantitative estimate of drug-likeness (QED) is 0.813. The van der Waals surface area contributed by atoms with Gasteiger partial charge in [-0.05, 0) is 11.1 Å². The van der Waals surface area contributed by atoms with Crippen LogP contribution >= 0.6 is 11.6 Å². The van der Waals surface area contributed by atoms with Crippen molar-refractivity contribution >= 4 is 17.5 Å². The van der Waals surface area contributed by atoms with Gasteiger partial charge in [-0.25, -0.2) is 0 Å². The first-order valence-electron chi connectivity index (χ1n) is 5.30. The van der Waals surface area contributed by atoms with Gasteiger partial charge in [0.25, 0.3) is 0 Å². The largest absolute Gasteiger partial charge is 0.392 e. The molecule has 0 saturated carbocycles. The van der Waals surface area contributed by atoms with Crippen molar-refractivity contribution in [1.29, 1.82) is 0 Å². The molecule has 1 amide bonds. The lowest BCUT2D eigenvalue weighted by Gasteiger charge is -2.17. The highest BCUT2D eigenvalue weighted by Crippen LogP contribution is 2.20. The number of likely N-dealkylation sites (tertiary alicyclic amines) is 1. The number of hydrogen-bond donors (Lipinski definition) is 1. The minimum atomic E-state index is -0.0752. The van der Waals surface area contributed by atoms with Crippen molar-refractivity contribution in [2.75, 3.05) is 6.54 Å². The number of hydrogen-bond acceptors (Lipinski definition) is 2. The Hall–Kier alpha value is -1.06. The zero-order valence-electron chi connectivity index (χ0n) is 8.90. The second kappa shape index (κ2) is 4.85. The van der Waals surface area contributed by atoms with Crippen LogP contribution in [0.2, 0.25) is 0 Å². The summed E-state index contributed by atoms with van der Waals surface area (Å²) in [6.07, 6.45) is 0.419. The molecule has 1 aromatic rings. The van der Waals surface area contributed by atoms with Gasteiger partial charge >= 0.3 is 0 Å². The topological polar surface area (TPSA) is 40.5 Å². The number of carbonyl (C=O) groups excluding carboxylic acids is 1. The Labute approximate surface area is 99.6 Å². The SMILES string of the molecule is O=C1CC(Cl)CN1Cc1ccccc1CO. The Kier molecular flexibility index (Phi) is 3.46. The fourth-order valence-corrected chi connectivity index (χ4v) is 2.25. The summed E-state index contributed by atoms with van der Waals surface area (Å²) in [6, 6.07) is 7.59. The Morgan fingerprint density at radius 1 is 1.38 bits per heavy atom. The van der Waals surface area contributed by atoms with Gasteiger partial charge in [-0.3, -0.25) is 4.79 Å². The summed E-state index contributed by atoms with van der Waals surface area (Å²) in [5.41, 5.74) is 1.86. The molecular weight excluding hydrogens is 226 g/mol. The lowest BCUT2D eigenvalue weighted by molar-refractivity contribution is -0.128. The number of rotatable bonds is 3. The van der Waals surface area contributed by atoms with Gasteiger partial charge in [0, 0.05) is 19.5 Å². The van der Waals surface area contributed by atoms with Crippen LogP contribution in [0.4, 0.5) is 0 Å². The minimum Gasteiger partial charge on any atom is -0.392 e. The van der Waals surface area contributed by atoms with Crippen molar-refractivity contribution in [2.24, 2.45) is 0 Å². The molecule has 1 unspecified atom stereocenters.